The van der Waals surface area contributed by atoms with Crippen LogP contribution in [0, 0.1) is 0 Å². The van der Waals surface area contributed by atoms with Gasteiger partial charge in [0.2, 0.25) is 0 Å². The van der Waals surface area contributed by atoms with Crippen molar-refractivity contribution in [3.05, 3.63) is 75.4 Å². The monoisotopic (exact) mass is 370 g/mol. The van der Waals surface area contributed by atoms with Crippen molar-refractivity contribution in [2.45, 2.75) is 0 Å². The summed E-state index contributed by atoms with van der Waals surface area (Å²) in [6.07, 6.45) is 0. The lowest BCUT2D eigenvalue weighted by Gasteiger charge is -2.11. The van der Waals surface area contributed by atoms with Gasteiger partial charge in [0.25, 0.3) is 0 Å². The summed E-state index contributed by atoms with van der Waals surface area (Å²) in [5.74, 6) is 1.29. The fourth-order valence-corrected chi connectivity index (χ4v) is 3.35. The minimum absolute atomic E-state index is 0.0835. The molecule has 0 spiro atoms. The lowest BCUT2D eigenvalue weighted by Crippen LogP contribution is -2.04. The molecule has 2 heterocycles. The molecule has 1 N–H and O–H groups in total. The number of hydrogen-bond acceptors (Lipinski definition) is 6. The second-order valence-corrected chi connectivity index (χ2v) is 6.77. The Morgan fingerprint density at radius 2 is 1.84 bits per heavy atom. The molecule has 0 aliphatic carbocycles. The highest BCUT2D eigenvalue weighted by molar-refractivity contribution is 7.22. The number of nitrogens with zero attached hydrogens (tertiary/aromatic N) is 1. The molecule has 0 aliphatic heterocycles. The van der Waals surface area contributed by atoms with Gasteiger partial charge in [0.15, 0.2) is 5.75 Å². The van der Waals surface area contributed by atoms with Gasteiger partial charge in [0, 0.05) is 0 Å². The number of thiophene rings is 1. The third-order valence-corrected chi connectivity index (χ3v) is 4.55. The van der Waals surface area contributed by atoms with Gasteiger partial charge in [-0.1, -0.05) is 41.9 Å². The van der Waals surface area contributed by atoms with E-state index in [0.29, 0.717) is 31.7 Å². The van der Waals surface area contributed by atoms with Gasteiger partial charge < -0.3 is 14.5 Å². The van der Waals surface area contributed by atoms with Gasteiger partial charge in [0.1, 0.15) is 10.6 Å². The van der Waals surface area contributed by atoms with Crippen molar-refractivity contribution >= 4 is 44.9 Å². The summed E-state index contributed by atoms with van der Waals surface area (Å²) in [5, 5.41) is 3.37. The Hall–Kier alpha value is -2.83. The number of para-hydroxylation sites is 3. The maximum absolute atomic E-state index is 12.0. The standard InChI is InChI=1S/C18H11ClN2O3S/c19-15-10-12-16(25-15)21-18(24-17(12)22)20-13-8-4-5-9-14(13)23-11-6-2-1-3-7-11/h1-10H,(H,20,21). The fourth-order valence-electron chi connectivity index (χ4n) is 2.28. The fraction of sp³-hybridized carbons (Fsp3) is 0. The summed E-state index contributed by atoms with van der Waals surface area (Å²) in [6.45, 7) is 0. The van der Waals surface area contributed by atoms with Crippen molar-refractivity contribution in [1.82, 2.24) is 4.98 Å². The van der Waals surface area contributed by atoms with Crippen LogP contribution in [0.15, 0.2) is 69.9 Å². The van der Waals surface area contributed by atoms with E-state index >= 15 is 0 Å². The first-order valence-electron chi connectivity index (χ1n) is 7.38. The first kappa shape index (κ1) is 15.7. The van der Waals surface area contributed by atoms with Gasteiger partial charge in [-0.05, 0) is 30.3 Å². The topological polar surface area (TPSA) is 64.4 Å². The second kappa shape index (κ2) is 6.58. The molecule has 7 heteroatoms. The van der Waals surface area contributed by atoms with Gasteiger partial charge in [-0.3, -0.25) is 0 Å². The first-order valence-corrected chi connectivity index (χ1v) is 8.57. The van der Waals surface area contributed by atoms with E-state index in [1.54, 1.807) is 6.07 Å². The minimum atomic E-state index is -0.489. The Balaban J connectivity index is 1.68. The van der Waals surface area contributed by atoms with Crippen molar-refractivity contribution < 1.29 is 9.15 Å². The van der Waals surface area contributed by atoms with Crippen LogP contribution in [0.25, 0.3) is 10.2 Å². The van der Waals surface area contributed by atoms with E-state index < -0.39 is 5.63 Å². The zero-order valence-electron chi connectivity index (χ0n) is 12.7. The first-order chi connectivity index (χ1) is 12.2. The van der Waals surface area contributed by atoms with Crippen molar-refractivity contribution in [2.24, 2.45) is 0 Å². The molecule has 4 aromatic rings. The van der Waals surface area contributed by atoms with Crippen LogP contribution in [-0.2, 0) is 0 Å². The second-order valence-electron chi connectivity index (χ2n) is 5.11. The third kappa shape index (κ3) is 3.35. The lowest BCUT2D eigenvalue weighted by atomic mass is 10.3. The van der Waals surface area contributed by atoms with E-state index in [-0.39, 0.29) is 6.01 Å². The molecule has 0 amide bonds. The highest BCUT2D eigenvalue weighted by atomic mass is 35.5. The highest BCUT2D eigenvalue weighted by Crippen LogP contribution is 2.32. The number of hydrogen-bond donors (Lipinski definition) is 1. The van der Waals surface area contributed by atoms with Gasteiger partial charge in [-0.15, -0.1) is 11.3 Å². The SMILES string of the molecule is O=c1oc(Nc2ccccc2Oc2ccccc2)nc2sc(Cl)cc12. The van der Waals surface area contributed by atoms with Crippen LogP contribution >= 0.6 is 22.9 Å². The smallest absolute Gasteiger partial charge is 0.349 e. The Morgan fingerprint density at radius 1 is 1.08 bits per heavy atom. The van der Waals surface area contributed by atoms with E-state index in [1.807, 2.05) is 54.6 Å². The zero-order valence-corrected chi connectivity index (χ0v) is 14.3. The van der Waals surface area contributed by atoms with Crippen LogP contribution in [0.5, 0.6) is 11.5 Å². The molecule has 0 fully saturated rings. The molecule has 4 rings (SSSR count). The number of benzene rings is 2. The highest BCUT2D eigenvalue weighted by Gasteiger charge is 2.12. The molecule has 5 nitrogen and oxygen atoms in total. The molecule has 0 unspecified atom stereocenters. The van der Waals surface area contributed by atoms with E-state index in [0.717, 1.165) is 0 Å². The van der Waals surface area contributed by atoms with Gasteiger partial charge in [-0.25, -0.2) is 4.79 Å². The van der Waals surface area contributed by atoms with Crippen LogP contribution < -0.4 is 15.7 Å². The Morgan fingerprint density at radius 3 is 2.68 bits per heavy atom. The van der Waals surface area contributed by atoms with Crippen molar-refractivity contribution in [1.29, 1.82) is 0 Å². The molecular weight excluding hydrogens is 360 g/mol. The summed E-state index contributed by atoms with van der Waals surface area (Å²) in [7, 11) is 0. The van der Waals surface area contributed by atoms with Crippen LogP contribution in [0.4, 0.5) is 11.7 Å². The van der Waals surface area contributed by atoms with Crippen molar-refractivity contribution in [2.75, 3.05) is 5.32 Å². The minimum Gasteiger partial charge on any atom is -0.455 e. The quantitative estimate of drug-likeness (QED) is 0.518. The molecule has 25 heavy (non-hydrogen) atoms. The van der Waals surface area contributed by atoms with Crippen molar-refractivity contribution in [3.63, 3.8) is 0 Å². The zero-order chi connectivity index (χ0) is 17.2. The van der Waals surface area contributed by atoms with E-state index in [2.05, 4.69) is 10.3 Å². The summed E-state index contributed by atoms with van der Waals surface area (Å²) in [4.78, 5) is 16.9. The molecule has 0 aliphatic rings. The molecule has 0 atom stereocenters. The van der Waals surface area contributed by atoms with Gasteiger partial charge in [0.05, 0.1) is 15.4 Å². The van der Waals surface area contributed by atoms with E-state index in [4.69, 9.17) is 20.8 Å². The number of aromatic nitrogens is 1. The molecule has 124 valence electrons. The number of nitrogens with one attached hydrogen (secondary N) is 1. The van der Waals surface area contributed by atoms with E-state index in [1.165, 1.54) is 11.3 Å². The molecular formula is C18H11ClN2O3S. The number of ether oxygens (including phenoxy) is 1. The van der Waals surface area contributed by atoms with Crippen LogP contribution in [0.2, 0.25) is 4.34 Å². The largest absolute Gasteiger partial charge is 0.455 e. The van der Waals surface area contributed by atoms with Crippen LogP contribution in [0.1, 0.15) is 0 Å². The van der Waals surface area contributed by atoms with Gasteiger partial charge >= 0.3 is 11.6 Å². The summed E-state index contributed by atoms with van der Waals surface area (Å²) in [6, 6.07) is 18.4. The Bertz CT molecular complexity index is 1090. The maximum Gasteiger partial charge on any atom is 0.349 e. The number of halogens is 1. The molecule has 0 saturated heterocycles. The average Bonchev–Trinajstić information content (AvgIpc) is 2.99. The van der Waals surface area contributed by atoms with E-state index in [9.17, 15) is 4.79 Å². The van der Waals surface area contributed by atoms with Crippen LogP contribution in [0.3, 0.4) is 0 Å². The molecule has 0 bridgehead atoms. The summed E-state index contributed by atoms with van der Waals surface area (Å²) < 4.78 is 11.6. The number of fused-ring (bicyclic) bond motifs is 1. The maximum atomic E-state index is 12.0. The number of anilines is 2. The predicted octanol–water partition coefficient (Wildman–Crippen LogP) is 5.44. The molecule has 0 saturated carbocycles. The summed E-state index contributed by atoms with van der Waals surface area (Å²) >= 11 is 7.16. The normalized spacial score (nSPS) is 10.8. The van der Waals surface area contributed by atoms with Crippen LogP contribution in [-0.4, -0.2) is 4.98 Å². The average molecular weight is 371 g/mol. The molecule has 2 aromatic carbocycles. The lowest BCUT2D eigenvalue weighted by molar-refractivity contribution is 0.482. The van der Waals surface area contributed by atoms with Gasteiger partial charge in [-0.2, -0.15) is 4.98 Å². The number of rotatable bonds is 4. The molecule has 2 aromatic heterocycles. The third-order valence-electron chi connectivity index (χ3n) is 3.39. The Labute approximate surface area is 151 Å². The van der Waals surface area contributed by atoms with Crippen molar-refractivity contribution in [3.8, 4) is 11.5 Å². The molecule has 0 radical (unpaired) electrons. The predicted molar refractivity (Wildman–Crippen MR) is 99.4 cm³/mol. The summed E-state index contributed by atoms with van der Waals surface area (Å²) in [5.41, 5.74) is 0.140. The Kier molecular flexibility index (Phi) is 4.13.